The van der Waals surface area contributed by atoms with Crippen LogP contribution in [-0.4, -0.2) is 70.4 Å². The van der Waals surface area contributed by atoms with Crippen LogP contribution in [0.15, 0.2) is 30.5 Å². The van der Waals surface area contributed by atoms with E-state index in [0.29, 0.717) is 19.4 Å². The van der Waals surface area contributed by atoms with Crippen molar-refractivity contribution < 1.29 is 29.1 Å². The first-order valence-corrected chi connectivity index (χ1v) is 12.9. The van der Waals surface area contributed by atoms with E-state index in [0.717, 1.165) is 16.5 Å². The molecule has 2 aromatic rings. The predicted molar refractivity (Wildman–Crippen MR) is 145 cm³/mol. The molecule has 2 rings (SSSR count). The van der Waals surface area contributed by atoms with Crippen LogP contribution in [0.5, 0.6) is 0 Å². The molecule has 1 aromatic carbocycles. The van der Waals surface area contributed by atoms with Crippen LogP contribution in [0.1, 0.15) is 45.1 Å². The Balaban J connectivity index is 2.30. The lowest BCUT2D eigenvalue weighted by molar-refractivity contribution is -0.143. The molecular weight excluding hydrogens is 506 g/mol. The second-order valence-corrected chi connectivity index (χ2v) is 9.81. The van der Waals surface area contributed by atoms with Gasteiger partial charge < -0.3 is 43.2 Å². The topological polar surface area (TPSA) is 236 Å². The molecule has 0 bridgehead atoms. The van der Waals surface area contributed by atoms with Crippen molar-refractivity contribution in [2.45, 2.75) is 70.1 Å². The summed E-state index contributed by atoms with van der Waals surface area (Å²) in [5.74, 6) is -4.52. The highest BCUT2D eigenvalue weighted by molar-refractivity contribution is 5.95. The van der Waals surface area contributed by atoms with Gasteiger partial charge in [-0.25, -0.2) is 4.79 Å². The summed E-state index contributed by atoms with van der Waals surface area (Å²) in [7, 11) is 0. The first-order valence-electron chi connectivity index (χ1n) is 12.9. The van der Waals surface area contributed by atoms with Crippen molar-refractivity contribution in [3.05, 3.63) is 36.0 Å². The van der Waals surface area contributed by atoms with Gasteiger partial charge in [0, 0.05) is 23.5 Å². The van der Waals surface area contributed by atoms with Crippen molar-refractivity contribution in [1.29, 1.82) is 0 Å². The number of amides is 4. The monoisotopic (exact) mass is 545 g/mol. The van der Waals surface area contributed by atoms with Gasteiger partial charge in [-0.2, -0.15) is 0 Å². The molecule has 13 heteroatoms. The average Bonchev–Trinajstić information content (AvgIpc) is 3.29. The maximum atomic E-state index is 13.5. The number of carbonyl (C=O) groups is 5. The molecule has 0 spiro atoms. The van der Waals surface area contributed by atoms with Crippen molar-refractivity contribution in [2.75, 3.05) is 6.54 Å². The first kappa shape index (κ1) is 31.2. The average molecular weight is 546 g/mol. The number of aliphatic carboxylic acids is 1. The number of primary amides is 1. The zero-order valence-corrected chi connectivity index (χ0v) is 22.2. The van der Waals surface area contributed by atoms with E-state index in [1.807, 2.05) is 24.3 Å². The fourth-order valence-electron chi connectivity index (χ4n) is 4.01. The van der Waals surface area contributed by atoms with Gasteiger partial charge in [0.15, 0.2) is 0 Å². The second kappa shape index (κ2) is 14.8. The zero-order valence-electron chi connectivity index (χ0n) is 22.2. The van der Waals surface area contributed by atoms with Gasteiger partial charge in [0.1, 0.15) is 18.1 Å². The summed E-state index contributed by atoms with van der Waals surface area (Å²) < 4.78 is 0. The summed E-state index contributed by atoms with van der Waals surface area (Å²) in [6, 6.07) is 2.81. The third-order valence-electron chi connectivity index (χ3n) is 6.35. The van der Waals surface area contributed by atoms with Gasteiger partial charge in [-0.1, -0.05) is 32.0 Å². The number of nitrogens with one attached hydrogen (secondary N) is 4. The SMILES string of the molecule is CC(C)C(N)C(=O)NC(Cc1c[nH]c2ccccc12)C(=O)NC(CCCCN)C(=O)NC(CC(N)=O)C(=O)O. The van der Waals surface area contributed by atoms with Crippen molar-refractivity contribution in [3.8, 4) is 0 Å². The van der Waals surface area contributed by atoms with Gasteiger partial charge in [-0.15, -0.1) is 0 Å². The fourth-order valence-corrected chi connectivity index (χ4v) is 4.01. The summed E-state index contributed by atoms with van der Waals surface area (Å²) in [5, 5.41) is 17.8. The van der Waals surface area contributed by atoms with Crippen LogP contribution in [0.4, 0.5) is 0 Å². The van der Waals surface area contributed by atoms with Crippen LogP contribution >= 0.6 is 0 Å². The summed E-state index contributed by atoms with van der Waals surface area (Å²) in [5.41, 5.74) is 18.3. The van der Waals surface area contributed by atoms with E-state index in [4.69, 9.17) is 17.2 Å². The Morgan fingerprint density at radius 1 is 0.923 bits per heavy atom. The number of hydrogen-bond donors (Lipinski definition) is 8. The number of fused-ring (bicyclic) bond motifs is 1. The normalized spacial score (nSPS) is 14.3. The number of rotatable bonds is 16. The number of para-hydroxylation sites is 1. The van der Waals surface area contributed by atoms with E-state index < -0.39 is 60.2 Å². The Kier molecular flexibility index (Phi) is 11.9. The molecule has 1 aromatic heterocycles. The molecule has 4 unspecified atom stereocenters. The maximum Gasteiger partial charge on any atom is 0.326 e. The fraction of sp³-hybridized carbons (Fsp3) is 0.500. The number of nitrogens with two attached hydrogens (primary N) is 3. The Hall–Kier alpha value is -3.97. The van der Waals surface area contributed by atoms with E-state index >= 15 is 0 Å². The second-order valence-electron chi connectivity index (χ2n) is 9.81. The summed E-state index contributed by atoms with van der Waals surface area (Å²) >= 11 is 0. The predicted octanol–water partition coefficient (Wildman–Crippen LogP) is -0.763. The number of hydrogen-bond acceptors (Lipinski definition) is 7. The maximum absolute atomic E-state index is 13.5. The molecule has 0 saturated heterocycles. The Bertz CT molecular complexity index is 1160. The minimum absolute atomic E-state index is 0.100. The number of benzene rings is 1. The molecular formula is C26H39N7O6. The summed E-state index contributed by atoms with van der Waals surface area (Å²) in [6.07, 6.45) is 2.39. The molecule has 13 nitrogen and oxygen atoms in total. The van der Waals surface area contributed by atoms with Gasteiger partial charge in [0.25, 0.3) is 0 Å². The largest absolute Gasteiger partial charge is 0.480 e. The standard InChI is InChI=1S/C26H39N7O6/c1-14(2)22(29)25(37)32-19(11-15-13-30-17-8-4-3-7-16(15)17)24(36)31-18(9-5-6-10-27)23(35)33-20(26(38)39)12-21(28)34/h3-4,7-8,13-14,18-20,22,30H,5-6,9-12,27,29H2,1-2H3,(H2,28,34)(H,31,36)(H,32,37)(H,33,35)(H,38,39). The first-order chi connectivity index (χ1) is 18.4. The molecule has 0 aliphatic carbocycles. The molecule has 39 heavy (non-hydrogen) atoms. The molecule has 0 saturated carbocycles. The van der Waals surface area contributed by atoms with Crippen molar-refractivity contribution >= 4 is 40.5 Å². The molecule has 0 radical (unpaired) electrons. The lowest BCUT2D eigenvalue weighted by Crippen LogP contribution is -2.58. The molecule has 1 heterocycles. The smallest absolute Gasteiger partial charge is 0.326 e. The summed E-state index contributed by atoms with van der Waals surface area (Å²) in [4.78, 5) is 65.3. The highest BCUT2D eigenvalue weighted by Crippen LogP contribution is 2.19. The molecule has 214 valence electrons. The highest BCUT2D eigenvalue weighted by Gasteiger charge is 2.31. The van der Waals surface area contributed by atoms with E-state index in [9.17, 15) is 29.1 Å². The molecule has 0 aliphatic rings. The molecule has 0 aliphatic heterocycles. The lowest BCUT2D eigenvalue weighted by Gasteiger charge is -2.25. The number of H-pyrrole nitrogens is 1. The minimum Gasteiger partial charge on any atom is -0.480 e. The van der Waals surface area contributed by atoms with E-state index in [1.165, 1.54) is 0 Å². The number of aromatic nitrogens is 1. The van der Waals surface area contributed by atoms with Gasteiger partial charge >= 0.3 is 5.97 Å². The lowest BCUT2D eigenvalue weighted by atomic mass is 10.0. The van der Waals surface area contributed by atoms with Gasteiger partial charge in [0.05, 0.1) is 12.5 Å². The van der Waals surface area contributed by atoms with E-state index in [2.05, 4.69) is 20.9 Å². The highest BCUT2D eigenvalue weighted by atomic mass is 16.4. The van der Waals surface area contributed by atoms with Crippen LogP contribution in [0, 0.1) is 5.92 Å². The number of carboxylic acid groups (broad SMARTS) is 1. The van der Waals surface area contributed by atoms with Crippen LogP contribution in [-0.2, 0) is 30.4 Å². The Morgan fingerprint density at radius 3 is 2.15 bits per heavy atom. The van der Waals surface area contributed by atoms with Crippen molar-refractivity contribution in [2.24, 2.45) is 23.1 Å². The third kappa shape index (κ3) is 9.37. The number of aromatic amines is 1. The molecule has 0 fully saturated rings. The van der Waals surface area contributed by atoms with Crippen LogP contribution in [0.3, 0.4) is 0 Å². The third-order valence-corrected chi connectivity index (χ3v) is 6.35. The van der Waals surface area contributed by atoms with Gasteiger partial charge in [-0.05, 0) is 43.4 Å². The number of unbranched alkanes of at least 4 members (excludes halogenated alkanes) is 1. The quantitative estimate of drug-likeness (QED) is 0.124. The molecule has 4 atom stereocenters. The van der Waals surface area contributed by atoms with E-state index in [-0.39, 0.29) is 18.8 Å². The minimum atomic E-state index is -1.56. The molecule has 11 N–H and O–H groups in total. The Labute approximate surface area is 226 Å². The van der Waals surface area contributed by atoms with Gasteiger partial charge in [0.2, 0.25) is 23.6 Å². The van der Waals surface area contributed by atoms with Gasteiger partial charge in [-0.3, -0.25) is 19.2 Å². The molecule has 4 amide bonds. The summed E-state index contributed by atoms with van der Waals surface area (Å²) in [6.45, 7) is 3.91. The van der Waals surface area contributed by atoms with Crippen molar-refractivity contribution in [3.63, 3.8) is 0 Å². The van der Waals surface area contributed by atoms with Crippen LogP contribution in [0.25, 0.3) is 10.9 Å². The van der Waals surface area contributed by atoms with Crippen LogP contribution in [0.2, 0.25) is 0 Å². The Morgan fingerprint density at radius 2 is 1.54 bits per heavy atom. The number of carbonyl (C=O) groups excluding carboxylic acids is 4. The van der Waals surface area contributed by atoms with Crippen LogP contribution < -0.4 is 33.2 Å². The van der Waals surface area contributed by atoms with Crippen molar-refractivity contribution in [1.82, 2.24) is 20.9 Å². The number of carboxylic acids is 1. The zero-order chi connectivity index (χ0) is 29.1. The van der Waals surface area contributed by atoms with E-state index in [1.54, 1.807) is 20.0 Å².